The highest BCUT2D eigenvalue weighted by molar-refractivity contribution is 6.04. The Morgan fingerprint density at radius 3 is 2.86 bits per heavy atom. The molecule has 2 amide bonds. The maximum Gasteiger partial charge on any atom is 0.418 e. The molecule has 6 nitrogen and oxygen atoms in total. The Balaban J connectivity index is 1.42. The van der Waals surface area contributed by atoms with Gasteiger partial charge in [0.15, 0.2) is 0 Å². The summed E-state index contributed by atoms with van der Waals surface area (Å²) < 4.78 is 11.2. The quantitative estimate of drug-likeness (QED) is 0.833. The van der Waals surface area contributed by atoms with Crippen LogP contribution in [-0.4, -0.2) is 41.3 Å². The first-order chi connectivity index (χ1) is 13.5. The number of imide groups is 1. The summed E-state index contributed by atoms with van der Waals surface area (Å²) in [7, 11) is 0. The molecule has 2 aromatic carbocycles. The Labute approximate surface area is 163 Å². The van der Waals surface area contributed by atoms with Crippen LogP contribution in [0.4, 0.5) is 4.79 Å². The largest absolute Gasteiger partial charge is 0.491 e. The number of rotatable bonds is 6. The van der Waals surface area contributed by atoms with Crippen molar-refractivity contribution in [3.8, 4) is 5.75 Å². The molecule has 0 unspecified atom stereocenters. The highest BCUT2D eigenvalue weighted by Crippen LogP contribution is 2.45. The number of hydrogen-bond donors (Lipinski definition) is 1. The minimum absolute atomic E-state index is 0.0200. The molecule has 2 atom stereocenters. The molecule has 2 aromatic rings. The third kappa shape index (κ3) is 3.14. The average Bonchev–Trinajstić information content (AvgIpc) is 3.20. The molecular weight excluding hydrogens is 358 g/mol. The predicted molar refractivity (Wildman–Crippen MR) is 102 cm³/mol. The summed E-state index contributed by atoms with van der Waals surface area (Å²) in [5, 5.41) is 10.3. The highest BCUT2D eigenvalue weighted by Gasteiger charge is 2.58. The third-order valence-electron chi connectivity index (χ3n) is 5.41. The fraction of sp³-hybridized carbons (Fsp3) is 0.364. The van der Waals surface area contributed by atoms with Crippen LogP contribution in [0.2, 0.25) is 0 Å². The Morgan fingerprint density at radius 1 is 1.21 bits per heavy atom. The summed E-state index contributed by atoms with van der Waals surface area (Å²) in [5.74, 6) is 0.240. The molecular formula is C22H23NO5. The molecule has 0 aromatic heterocycles. The summed E-state index contributed by atoms with van der Waals surface area (Å²) in [4.78, 5) is 26.4. The van der Waals surface area contributed by atoms with Gasteiger partial charge in [0.1, 0.15) is 18.5 Å². The van der Waals surface area contributed by atoms with Crippen LogP contribution in [0.25, 0.3) is 0 Å². The van der Waals surface area contributed by atoms with Crippen molar-refractivity contribution in [3.63, 3.8) is 0 Å². The van der Waals surface area contributed by atoms with Gasteiger partial charge >= 0.3 is 6.09 Å². The van der Waals surface area contributed by atoms with Gasteiger partial charge in [0.25, 0.3) is 5.91 Å². The summed E-state index contributed by atoms with van der Waals surface area (Å²) in [6.07, 6.45) is 0.284. The van der Waals surface area contributed by atoms with Crippen molar-refractivity contribution in [1.29, 1.82) is 0 Å². The molecule has 146 valence electrons. The molecule has 0 radical (unpaired) electrons. The van der Waals surface area contributed by atoms with E-state index in [0.717, 1.165) is 28.0 Å². The SMILES string of the molecule is CCc1cccc(OC[C@@H](O)CN2C(=O)O[C@@]3(CCc4ccccc43)C2=O)c1. The van der Waals surface area contributed by atoms with Crippen LogP contribution in [-0.2, 0) is 28.0 Å². The van der Waals surface area contributed by atoms with Crippen LogP contribution in [0.15, 0.2) is 48.5 Å². The summed E-state index contributed by atoms with van der Waals surface area (Å²) in [5.41, 5.74) is 1.65. The van der Waals surface area contributed by atoms with Crippen LogP contribution < -0.4 is 4.74 Å². The van der Waals surface area contributed by atoms with Gasteiger partial charge in [0.2, 0.25) is 5.60 Å². The van der Waals surface area contributed by atoms with Crippen molar-refractivity contribution in [3.05, 3.63) is 65.2 Å². The molecule has 4 rings (SSSR count). The summed E-state index contributed by atoms with van der Waals surface area (Å²) in [6, 6.07) is 15.1. The molecule has 0 bridgehead atoms. The molecule has 2 aliphatic rings. The van der Waals surface area contributed by atoms with Crippen molar-refractivity contribution in [2.75, 3.05) is 13.2 Å². The number of hydrogen-bond acceptors (Lipinski definition) is 5. The van der Waals surface area contributed by atoms with Crippen LogP contribution in [0.3, 0.4) is 0 Å². The Kier molecular flexibility index (Phi) is 4.81. The first kappa shape index (κ1) is 18.5. The lowest BCUT2D eigenvalue weighted by Crippen LogP contribution is -2.42. The number of aryl methyl sites for hydroxylation is 2. The van der Waals surface area contributed by atoms with E-state index < -0.39 is 23.7 Å². The molecule has 1 fully saturated rings. The lowest BCUT2D eigenvalue weighted by molar-refractivity contribution is -0.138. The Morgan fingerprint density at radius 2 is 2.04 bits per heavy atom. The van der Waals surface area contributed by atoms with Crippen molar-refractivity contribution in [1.82, 2.24) is 4.90 Å². The van der Waals surface area contributed by atoms with Gasteiger partial charge < -0.3 is 14.6 Å². The average molecular weight is 381 g/mol. The van der Waals surface area contributed by atoms with E-state index in [9.17, 15) is 14.7 Å². The highest BCUT2D eigenvalue weighted by atomic mass is 16.6. The van der Waals surface area contributed by atoms with Crippen LogP contribution in [0, 0.1) is 0 Å². The van der Waals surface area contributed by atoms with Gasteiger partial charge in [-0.3, -0.25) is 4.79 Å². The first-order valence-corrected chi connectivity index (χ1v) is 9.56. The van der Waals surface area contributed by atoms with E-state index in [1.165, 1.54) is 0 Å². The van der Waals surface area contributed by atoms with E-state index in [1.807, 2.05) is 48.5 Å². The maximum absolute atomic E-state index is 13.0. The number of amides is 2. The number of β-amino-alcohol motifs (C(OH)–C–C–N with tert-alkyl or cyclic N) is 1. The van der Waals surface area contributed by atoms with Crippen molar-refractivity contribution >= 4 is 12.0 Å². The van der Waals surface area contributed by atoms with Crippen molar-refractivity contribution < 1.29 is 24.2 Å². The Hall–Kier alpha value is -2.86. The summed E-state index contributed by atoms with van der Waals surface area (Å²) >= 11 is 0. The van der Waals surface area contributed by atoms with E-state index in [2.05, 4.69) is 6.92 Å². The van der Waals surface area contributed by atoms with Crippen LogP contribution >= 0.6 is 0 Å². The lowest BCUT2D eigenvalue weighted by atomic mass is 9.95. The smallest absolute Gasteiger partial charge is 0.418 e. The molecule has 6 heteroatoms. The molecule has 1 spiro atoms. The zero-order chi connectivity index (χ0) is 19.7. The standard InChI is InChI=1S/C22H23NO5/c1-2-15-6-5-8-18(12-15)27-14-17(24)13-23-20(25)22(28-21(23)26)11-10-16-7-3-4-9-19(16)22/h3-9,12,17,24H,2,10-11,13-14H2,1H3/t17-,22+/m0/s1. The lowest BCUT2D eigenvalue weighted by Gasteiger charge is -2.21. The molecule has 1 N–H and O–H groups in total. The van der Waals surface area contributed by atoms with E-state index in [0.29, 0.717) is 18.6 Å². The number of nitrogens with zero attached hydrogens (tertiary/aromatic N) is 1. The van der Waals surface area contributed by atoms with Gasteiger partial charge in [-0.15, -0.1) is 0 Å². The fourth-order valence-electron chi connectivity index (χ4n) is 3.92. The second-order valence-electron chi connectivity index (χ2n) is 7.23. The zero-order valence-corrected chi connectivity index (χ0v) is 15.8. The van der Waals surface area contributed by atoms with Gasteiger partial charge in [0, 0.05) is 12.0 Å². The Bertz CT molecular complexity index is 911. The van der Waals surface area contributed by atoms with Gasteiger partial charge in [0.05, 0.1) is 6.54 Å². The molecule has 1 aliphatic heterocycles. The van der Waals surface area contributed by atoms with E-state index in [1.54, 1.807) is 0 Å². The molecule has 1 saturated heterocycles. The van der Waals surface area contributed by atoms with Crippen LogP contribution in [0.1, 0.15) is 30.0 Å². The zero-order valence-electron chi connectivity index (χ0n) is 15.8. The monoisotopic (exact) mass is 381 g/mol. The number of aliphatic hydroxyl groups excluding tert-OH is 1. The second kappa shape index (κ2) is 7.28. The minimum Gasteiger partial charge on any atom is -0.491 e. The van der Waals surface area contributed by atoms with Gasteiger partial charge in [-0.1, -0.05) is 43.3 Å². The van der Waals surface area contributed by atoms with Crippen molar-refractivity contribution in [2.24, 2.45) is 0 Å². The van der Waals surface area contributed by atoms with Gasteiger partial charge in [-0.05, 0) is 36.1 Å². The third-order valence-corrected chi connectivity index (χ3v) is 5.41. The molecule has 1 heterocycles. The van der Waals surface area contributed by atoms with Crippen molar-refractivity contribution in [2.45, 2.75) is 37.9 Å². The second-order valence-corrected chi connectivity index (χ2v) is 7.23. The molecule has 28 heavy (non-hydrogen) atoms. The van der Waals surface area contributed by atoms with Gasteiger partial charge in [-0.25, -0.2) is 9.69 Å². The number of aliphatic hydroxyl groups is 1. The number of carbonyl (C=O) groups is 2. The van der Waals surface area contributed by atoms with E-state index in [4.69, 9.17) is 9.47 Å². The minimum atomic E-state index is -1.25. The molecule has 0 saturated carbocycles. The fourth-order valence-corrected chi connectivity index (χ4v) is 3.92. The predicted octanol–water partition coefficient (Wildman–Crippen LogP) is 2.81. The van der Waals surface area contributed by atoms with Gasteiger partial charge in [-0.2, -0.15) is 0 Å². The number of ether oxygens (including phenoxy) is 2. The van der Waals surface area contributed by atoms with Crippen LogP contribution in [0.5, 0.6) is 5.75 Å². The van der Waals surface area contributed by atoms with E-state index >= 15 is 0 Å². The number of carbonyl (C=O) groups excluding carboxylic acids is 2. The maximum atomic E-state index is 13.0. The normalized spacial score (nSPS) is 21.7. The first-order valence-electron chi connectivity index (χ1n) is 9.56. The van der Waals surface area contributed by atoms with E-state index in [-0.39, 0.29) is 13.2 Å². The number of fused-ring (bicyclic) bond motifs is 2. The molecule has 1 aliphatic carbocycles. The summed E-state index contributed by atoms with van der Waals surface area (Å²) in [6.45, 7) is 1.87. The topological polar surface area (TPSA) is 76.1 Å². The number of benzene rings is 2.